The minimum atomic E-state index is -3.33. The SMILES string of the molecule is CC1CCCC(S(=O)(=O)c2ccc(N)cc2Cl)C1. The molecule has 0 bridgehead atoms. The third-order valence-electron chi connectivity index (χ3n) is 3.59. The smallest absolute Gasteiger partial charge is 0.182 e. The Kier molecular flexibility index (Phi) is 3.87. The molecule has 1 saturated carbocycles. The van der Waals surface area contributed by atoms with Crippen LogP contribution >= 0.6 is 11.6 Å². The summed E-state index contributed by atoms with van der Waals surface area (Å²) in [7, 11) is -3.33. The van der Waals surface area contributed by atoms with Gasteiger partial charge in [-0.2, -0.15) is 0 Å². The molecule has 0 amide bonds. The number of anilines is 1. The number of hydrogen-bond donors (Lipinski definition) is 1. The topological polar surface area (TPSA) is 60.2 Å². The van der Waals surface area contributed by atoms with Crippen molar-refractivity contribution in [3.8, 4) is 0 Å². The van der Waals surface area contributed by atoms with Crippen LogP contribution < -0.4 is 5.73 Å². The molecule has 5 heteroatoms. The zero-order chi connectivity index (χ0) is 13.3. The lowest BCUT2D eigenvalue weighted by molar-refractivity contribution is 0.382. The summed E-state index contributed by atoms with van der Waals surface area (Å²) in [5.41, 5.74) is 6.07. The van der Waals surface area contributed by atoms with Crippen LogP contribution in [0.5, 0.6) is 0 Å². The highest BCUT2D eigenvalue weighted by Gasteiger charge is 2.32. The Hall–Kier alpha value is -0.740. The zero-order valence-electron chi connectivity index (χ0n) is 10.4. The Bertz CT molecular complexity index is 542. The molecule has 2 rings (SSSR count). The molecule has 2 unspecified atom stereocenters. The standard InChI is InChI=1S/C13H18ClNO2S/c1-9-3-2-4-11(7-9)18(16,17)13-6-5-10(15)8-12(13)14/h5-6,8-9,11H,2-4,7,15H2,1H3. The Balaban J connectivity index is 2.35. The molecular weight excluding hydrogens is 270 g/mol. The quantitative estimate of drug-likeness (QED) is 0.849. The van der Waals surface area contributed by atoms with E-state index in [1.54, 1.807) is 6.07 Å². The van der Waals surface area contributed by atoms with Gasteiger partial charge in [0.2, 0.25) is 0 Å². The maximum atomic E-state index is 12.5. The largest absolute Gasteiger partial charge is 0.399 e. The van der Waals surface area contributed by atoms with Gasteiger partial charge in [0.05, 0.1) is 15.2 Å². The van der Waals surface area contributed by atoms with Gasteiger partial charge >= 0.3 is 0 Å². The number of benzene rings is 1. The predicted octanol–water partition coefficient (Wildman–Crippen LogP) is 3.27. The average molecular weight is 288 g/mol. The Morgan fingerprint density at radius 3 is 2.67 bits per heavy atom. The van der Waals surface area contributed by atoms with Crippen LogP contribution in [0.3, 0.4) is 0 Å². The molecular formula is C13H18ClNO2S. The highest BCUT2D eigenvalue weighted by Crippen LogP contribution is 2.34. The molecule has 1 aromatic carbocycles. The number of rotatable bonds is 2. The molecule has 3 nitrogen and oxygen atoms in total. The van der Waals surface area contributed by atoms with E-state index in [4.69, 9.17) is 17.3 Å². The molecule has 100 valence electrons. The minimum absolute atomic E-state index is 0.220. The first-order valence-electron chi connectivity index (χ1n) is 6.20. The third-order valence-corrected chi connectivity index (χ3v) is 6.29. The van der Waals surface area contributed by atoms with Gasteiger partial charge in [0.25, 0.3) is 0 Å². The maximum absolute atomic E-state index is 12.5. The molecule has 1 aromatic rings. The molecule has 0 spiro atoms. The van der Waals surface area contributed by atoms with Crippen LogP contribution in [0.2, 0.25) is 5.02 Å². The van der Waals surface area contributed by atoms with Crippen LogP contribution in [-0.2, 0) is 9.84 Å². The van der Waals surface area contributed by atoms with Crippen molar-refractivity contribution in [2.24, 2.45) is 5.92 Å². The van der Waals surface area contributed by atoms with Crippen LogP contribution in [0.4, 0.5) is 5.69 Å². The van der Waals surface area contributed by atoms with Gasteiger partial charge in [-0.15, -0.1) is 0 Å². The van der Waals surface area contributed by atoms with E-state index < -0.39 is 9.84 Å². The van der Waals surface area contributed by atoms with E-state index in [1.807, 2.05) is 0 Å². The van der Waals surface area contributed by atoms with E-state index in [9.17, 15) is 8.42 Å². The van der Waals surface area contributed by atoms with Crippen molar-refractivity contribution in [1.29, 1.82) is 0 Å². The number of nitrogen functional groups attached to an aromatic ring is 1. The third kappa shape index (κ3) is 2.64. The lowest BCUT2D eigenvalue weighted by atomic mass is 9.91. The summed E-state index contributed by atoms with van der Waals surface area (Å²) < 4.78 is 25.1. The molecule has 1 aliphatic carbocycles. The first-order chi connectivity index (χ1) is 8.41. The highest BCUT2D eigenvalue weighted by molar-refractivity contribution is 7.92. The second-order valence-corrected chi connectivity index (χ2v) is 7.73. The summed E-state index contributed by atoms with van der Waals surface area (Å²) in [5, 5.41) is -0.0735. The van der Waals surface area contributed by atoms with E-state index >= 15 is 0 Å². The Labute approximate surface area is 113 Å². The molecule has 18 heavy (non-hydrogen) atoms. The average Bonchev–Trinajstić information content (AvgIpc) is 2.28. The van der Waals surface area contributed by atoms with Crippen LogP contribution in [0.15, 0.2) is 23.1 Å². The molecule has 0 heterocycles. The Morgan fingerprint density at radius 2 is 2.06 bits per heavy atom. The summed E-state index contributed by atoms with van der Waals surface area (Å²) in [6, 6.07) is 4.61. The molecule has 2 N–H and O–H groups in total. The Morgan fingerprint density at radius 1 is 1.33 bits per heavy atom. The van der Waals surface area contributed by atoms with Crippen LogP contribution in [0.1, 0.15) is 32.6 Å². The lowest BCUT2D eigenvalue weighted by Crippen LogP contribution is -2.27. The monoisotopic (exact) mass is 287 g/mol. The van der Waals surface area contributed by atoms with Crippen molar-refractivity contribution in [2.75, 3.05) is 5.73 Å². The molecule has 1 fully saturated rings. The van der Waals surface area contributed by atoms with E-state index in [-0.39, 0.29) is 15.2 Å². The van der Waals surface area contributed by atoms with Crippen molar-refractivity contribution in [3.63, 3.8) is 0 Å². The van der Waals surface area contributed by atoms with Gasteiger partial charge in [0, 0.05) is 5.69 Å². The maximum Gasteiger partial charge on any atom is 0.182 e. The number of sulfone groups is 1. The van der Waals surface area contributed by atoms with Crippen molar-refractivity contribution in [2.45, 2.75) is 42.8 Å². The fourth-order valence-electron chi connectivity index (χ4n) is 2.59. The van der Waals surface area contributed by atoms with E-state index in [2.05, 4.69) is 6.92 Å². The first-order valence-corrected chi connectivity index (χ1v) is 8.12. The van der Waals surface area contributed by atoms with Gasteiger partial charge in [-0.05, 0) is 37.0 Å². The molecule has 1 aliphatic rings. The molecule has 0 aliphatic heterocycles. The first kappa shape index (κ1) is 13.7. The van der Waals surface area contributed by atoms with Gasteiger partial charge in [-0.3, -0.25) is 0 Å². The van der Waals surface area contributed by atoms with Gasteiger partial charge in [-0.25, -0.2) is 8.42 Å². The summed E-state index contributed by atoms with van der Waals surface area (Å²) in [6.07, 6.45) is 3.54. The summed E-state index contributed by atoms with van der Waals surface area (Å²) in [6.45, 7) is 2.10. The summed E-state index contributed by atoms with van der Waals surface area (Å²) in [5.74, 6) is 0.464. The van der Waals surface area contributed by atoms with E-state index in [1.165, 1.54) is 12.1 Å². The summed E-state index contributed by atoms with van der Waals surface area (Å²) >= 11 is 6.01. The summed E-state index contributed by atoms with van der Waals surface area (Å²) in [4.78, 5) is 0.220. The highest BCUT2D eigenvalue weighted by atomic mass is 35.5. The zero-order valence-corrected chi connectivity index (χ0v) is 12.0. The molecule has 0 radical (unpaired) electrons. The fourth-order valence-corrected chi connectivity index (χ4v) is 5.11. The normalized spacial score (nSPS) is 25.0. The van der Waals surface area contributed by atoms with E-state index in [0.29, 0.717) is 11.6 Å². The van der Waals surface area contributed by atoms with E-state index in [0.717, 1.165) is 25.7 Å². The number of halogens is 1. The minimum Gasteiger partial charge on any atom is -0.399 e. The number of nitrogens with two attached hydrogens (primary N) is 1. The van der Waals surface area contributed by atoms with Crippen molar-refractivity contribution in [3.05, 3.63) is 23.2 Å². The van der Waals surface area contributed by atoms with Crippen LogP contribution in [-0.4, -0.2) is 13.7 Å². The second-order valence-electron chi connectivity index (χ2n) is 5.13. The fraction of sp³-hybridized carbons (Fsp3) is 0.538. The van der Waals surface area contributed by atoms with Crippen molar-refractivity contribution < 1.29 is 8.42 Å². The number of hydrogen-bond acceptors (Lipinski definition) is 3. The van der Waals surface area contributed by atoms with Crippen molar-refractivity contribution >= 4 is 27.1 Å². The van der Waals surface area contributed by atoms with Gasteiger partial charge in [0.15, 0.2) is 9.84 Å². The predicted molar refractivity (Wildman–Crippen MR) is 74.5 cm³/mol. The molecule has 0 aromatic heterocycles. The van der Waals surface area contributed by atoms with Crippen molar-refractivity contribution in [1.82, 2.24) is 0 Å². The van der Waals surface area contributed by atoms with Gasteiger partial charge in [0.1, 0.15) is 0 Å². The lowest BCUT2D eigenvalue weighted by Gasteiger charge is -2.26. The molecule has 2 atom stereocenters. The molecule has 0 saturated heterocycles. The van der Waals surface area contributed by atoms with Crippen LogP contribution in [0, 0.1) is 5.92 Å². The van der Waals surface area contributed by atoms with Crippen LogP contribution in [0.25, 0.3) is 0 Å². The second kappa shape index (κ2) is 5.10. The van der Waals surface area contributed by atoms with Gasteiger partial charge in [-0.1, -0.05) is 31.4 Å². The van der Waals surface area contributed by atoms with Gasteiger partial charge < -0.3 is 5.73 Å².